The molecule has 0 aliphatic rings. The summed E-state index contributed by atoms with van der Waals surface area (Å²) in [5, 5.41) is 5.11. The number of hydrogen-bond donors (Lipinski definition) is 4. The van der Waals surface area contributed by atoms with Crippen LogP contribution in [-0.4, -0.2) is 41.3 Å². The largest absolute Gasteiger partial charge is 0.444 e. The van der Waals surface area contributed by atoms with Crippen LogP contribution in [-0.2, 0) is 20.1 Å². The van der Waals surface area contributed by atoms with Gasteiger partial charge in [-0.3, -0.25) is 15.0 Å². The van der Waals surface area contributed by atoms with Crippen LogP contribution in [0, 0.1) is 6.92 Å². The maximum Gasteiger partial charge on any atom is 0.408 e. The summed E-state index contributed by atoms with van der Waals surface area (Å²) in [6.45, 7) is 8.73. The summed E-state index contributed by atoms with van der Waals surface area (Å²) in [5.74, 6) is 5.06. The molecule has 0 spiro atoms. The average molecular weight is 411 g/mol. The number of carbonyl (C=O) groups is 3. The Labute approximate surface area is 170 Å². The van der Waals surface area contributed by atoms with Gasteiger partial charge < -0.3 is 15.4 Å². The highest BCUT2D eigenvalue weighted by atomic mass is 32.2. The number of alkyl carbamates (subject to hydrolysis) is 1. The van der Waals surface area contributed by atoms with Gasteiger partial charge in [-0.2, -0.15) is 11.8 Å². The lowest BCUT2D eigenvalue weighted by Crippen LogP contribution is -2.54. The second kappa shape index (κ2) is 10.9. The van der Waals surface area contributed by atoms with E-state index >= 15 is 0 Å². The quantitative estimate of drug-likeness (QED) is 0.293. The number of amides is 3. The summed E-state index contributed by atoms with van der Waals surface area (Å²) < 4.78 is 5.23. The van der Waals surface area contributed by atoms with Crippen molar-refractivity contribution in [2.24, 2.45) is 5.84 Å². The van der Waals surface area contributed by atoms with Gasteiger partial charge in [-0.05, 0) is 40.2 Å². The molecule has 28 heavy (non-hydrogen) atoms. The van der Waals surface area contributed by atoms with E-state index in [1.54, 1.807) is 20.8 Å². The molecule has 9 heteroatoms. The lowest BCUT2D eigenvalue weighted by Gasteiger charge is -2.24. The molecule has 0 heterocycles. The van der Waals surface area contributed by atoms with Gasteiger partial charge in [0.05, 0.1) is 0 Å². The Balaban J connectivity index is 2.72. The molecule has 156 valence electrons. The molecule has 0 saturated heterocycles. The molecule has 0 aliphatic heterocycles. The molecule has 0 aliphatic carbocycles. The van der Waals surface area contributed by atoms with Crippen LogP contribution in [0.1, 0.15) is 38.8 Å². The molecule has 1 rings (SSSR count). The van der Waals surface area contributed by atoms with Crippen molar-refractivity contribution >= 4 is 29.7 Å². The normalized spacial score (nSPS) is 13.2. The van der Waals surface area contributed by atoms with Crippen molar-refractivity contribution < 1.29 is 19.1 Å². The summed E-state index contributed by atoms with van der Waals surface area (Å²) >= 11 is 1.49. The van der Waals surface area contributed by atoms with Crippen LogP contribution in [0.5, 0.6) is 0 Å². The molecule has 8 nitrogen and oxygen atoms in total. The average Bonchev–Trinajstić information content (AvgIpc) is 2.60. The van der Waals surface area contributed by atoms with Gasteiger partial charge in [-0.25, -0.2) is 10.6 Å². The minimum Gasteiger partial charge on any atom is -0.444 e. The zero-order chi connectivity index (χ0) is 21.3. The molecule has 0 radical (unpaired) electrons. The van der Waals surface area contributed by atoms with Crippen molar-refractivity contribution in [1.29, 1.82) is 0 Å². The summed E-state index contributed by atoms with van der Waals surface area (Å²) in [5.41, 5.74) is 3.58. The number of carbonyl (C=O) groups excluding carboxylic acids is 3. The number of aryl methyl sites for hydroxylation is 1. The van der Waals surface area contributed by atoms with E-state index in [0.29, 0.717) is 11.5 Å². The zero-order valence-corrected chi connectivity index (χ0v) is 17.8. The second-order valence-corrected chi connectivity index (χ2v) is 8.47. The van der Waals surface area contributed by atoms with Gasteiger partial charge in [0.1, 0.15) is 17.7 Å². The fraction of sp³-hybridized carbons (Fsp3) is 0.526. The number of rotatable bonds is 8. The molecule has 1 aromatic rings. The number of benzene rings is 1. The van der Waals surface area contributed by atoms with Crippen molar-refractivity contribution in [3.8, 4) is 0 Å². The van der Waals surface area contributed by atoms with E-state index in [1.807, 2.05) is 36.6 Å². The molecular formula is C19H30N4O4S. The van der Waals surface area contributed by atoms with Gasteiger partial charge >= 0.3 is 6.09 Å². The minimum absolute atomic E-state index is 0.315. The topological polar surface area (TPSA) is 123 Å². The van der Waals surface area contributed by atoms with Crippen molar-refractivity contribution in [3.63, 3.8) is 0 Å². The van der Waals surface area contributed by atoms with Gasteiger partial charge in [-0.1, -0.05) is 29.8 Å². The summed E-state index contributed by atoms with van der Waals surface area (Å²) in [4.78, 5) is 36.2. The van der Waals surface area contributed by atoms with E-state index in [0.717, 1.165) is 5.56 Å². The maximum atomic E-state index is 12.5. The first kappa shape index (κ1) is 23.8. The first-order valence-corrected chi connectivity index (χ1v) is 10.1. The highest BCUT2D eigenvalue weighted by Gasteiger charge is 2.26. The molecular weight excluding hydrogens is 380 g/mol. The molecule has 2 atom stereocenters. The van der Waals surface area contributed by atoms with Crippen molar-refractivity contribution in [1.82, 2.24) is 16.1 Å². The van der Waals surface area contributed by atoms with Crippen LogP contribution < -0.4 is 21.9 Å². The third kappa shape index (κ3) is 9.09. The Morgan fingerprint density at radius 3 is 2.25 bits per heavy atom. The Bertz CT molecular complexity index is 674. The third-order valence-corrected chi connectivity index (χ3v) is 4.68. The first-order valence-electron chi connectivity index (χ1n) is 8.95. The molecule has 1 aromatic carbocycles. The van der Waals surface area contributed by atoms with E-state index in [2.05, 4.69) is 10.6 Å². The number of thioether (sulfide) groups is 1. The predicted molar refractivity (Wildman–Crippen MR) is 110 cm³/mol. The fourth-order valence-electron chi connectivity index (χ4n) is 2.12. The van der Waals surface area contributed by atoms with Crippen LogP contribution in [0.25, 0.3) is 0 Å². The van der Waals surface area contributed by atoms with Gasteiger partial charge in [0.25, 0.3) is 5.91 Å². The molecule has 0 saturated carbocycles. The first-order chi connectivity index (χ1) is 13.0. The SMILES string of the molecule is Cc1ccc(CSC[C@H](NC(=O)OC(C)(C)C)C(=O)N[C@@H](C)C(=O)NN)cc1. The lowest BCUT2D eigenvalue weighted by atomic mass is 10.2. The molecule has 0 unspecified atom stereocenters. The Morgan fingerprint density at radius 2 is 1.71 bits per heavy atom. The van der Waals surface area contributed by atoms with E-state index in [9.17, 15) is 14.4 Å². The highest BCUT2D eigenvalue weighted by Crippen LogP contribution is 2.15. The Hall–Kier alpha value is -2.26. The van der Waals surface area contributed by atoms with Gasteiger partial charge in [0.15, 0.2) is 0 Å². The summed E-state index contributed by atoms with van der Waals surface area (Å²) in [7, 11) is 0. The van der Waals surface area contributed by atoms with E-state index in [-0.39, 0.29) is 0 Å². The molecule has 0 aromatic heterocycles. The highest BCUT2D eigenvalue weighted by molar-refractivity contribution is 7.98. The van der Waals surface area contributed by atoms with Crippen LogP contribution in [0.3, 0.4) is 0 Å². The van der Waals surface area contributed by atoms with Crippen LogP contribution in [0.2, 0.25) is 0 Å². The molecule has 5 N–H and O–H groups in total. The smallest absolute Gasteiger partial charge is 0.408 e. The van der Waals surface area contributed by atoms with Crippen LogP contribution >= 0.6 is 11.8 Å². The number of nitrogens with one attached hydrogen (secondary N) is 3. The second-order valence-electron chi connectivity index (χ2n) is 7.44. The van der Waals surface area contributed by atoms with Crippen molar-refractivity contribution in [2.45, 2.75) is 58.1 Å². The minimum atomic E-state index is -0.863. The fourth-order valence-corrected chi connectivity index (χ4v) is 3.13. The number of nitrogens with two attached hydrogens (primary N) is 1. The van der Waals surface area contributed by atoms with Gasteiger partial charge in [0, 0.05) is 11.5 Å². The number of ether oxygens (including phenoxy) is 1. The zero-order valence-electron chi connectivity index (χ0n) is 17.0. The van der Waals surface area contributed by atoms with Gasteiger partial charge in [0.2, 0.25) is 5.91 Å². The van der Waals surface area contributed by atoms with E-state index in [4.69, 9.17) is 10.6 Å². The third-order valence-electron chi connectivity index (χ3n) is 3.58. The van der Waals surface area contributed by atoms with Crippen molar-refractivity contribution in [2.75, 3.05) is 5.75 Å². The van der Waals surface area contributed by atoms with E-state index in [1.165, 1.54) is 24.2 Å². The molecule has 0 fully saturated rings. The maximum absolute atomic E-state index is 12.5. The lowest BCUT2D eigenvalue weighted by molar-refractivity contribution is -0.129. The number of hydrazine groups is 1. The predicted octanol–water partition coefficient (Wildman–Crippen LogP) is 1.62. The van der Waals surface area contributed by atoms with Crippen LogP contribution in [0.4, 0.5) is 4.79 Å². The standard InChI is InChI=1S/C19H30N4O4S/c1-12-6-8-14(9-7-12)10-28-11-15(22-18(26)27-19(3,4)5)17(25)21-13(2)16(24)23-20/h6-9,13,15H,10-11,20H2,1-5H3,(H,21,25)(H,22,26)(H,23,24)/t13-,15-/m0/s1. The Kier molecular flexibility index (Phi) is 9.27. The number of hydrogen-bond acceptors (Lipinski definition) is 6. The van der Waals surface area contributed by atoms with Crippen molar-refractivity contribution in [3.05, 3.63) is 35.4 Å². The molecule has 3 amide bonds. The van der Waals surface area contributed by atoms with E-state index < -0.39 is 35.6 Å². The summed E-state index contributed by atoms with van der Waals surface area (Å²) in [6.07, 6.45) is -0.695. The molecule has 0 bridgehead atoms. The van der Waals surface area contributed by atoms with Gasteiger partial charge in [-0.15, -0.1) is 0 Å². The monoisotopic (exact) mass is 410 g/mol. The van der Waals surface area contributed by atoms with Crippen LogP contribution in [0.15, 0.2) is 24.3 Å². The Morgan fingerprint density at radius 1 is 1.11 bits per heavy atom. The summed E-state index contributed by atoms with van der Waals surface area (Å²) in [6, 6.07) is 6.39.